The zero-order valence-electron chi connectivity index (χ0n) is 18.9. The Morgan fingerprint density at radius 2 is 1.12 bits per heavy atom. The van der Waals surface area contributed by atoms with Gasteiger partial charge in [-0.05, 0) is 11.1 Å². The van der Waals surface area contributed by atoms with Gasteiger partial charge in [-0.15, -0.1) is 0 Å². The molecule has 0 radical (unpaired) electrons. The quantitative estimate of drug-likeness (QED) is 0.245. The Labute approximate surface area is 212 Å². The Balaban J connectivity index is 0.000000157. The Hall–Kier alpha value is -3.02. The summed E-state index contributed by atoms with van der Waals surface area (Å²) in [6.45, 7) is 2.24. The molecule has 1 aliphatic rings. The molecule has 0 saturated heterocycles. The SMILES string of the molecule is C(C=Cc1ccccc1)=Cc1ccccc1.CC1=Cc2c(-c3ccccc3)cccc2[CH]1[Zr]. The Morgan fingerprint density at radius 1 is 0.606 bits per heavy atom. The van der Waals surface area contributed by atoms with Crippen LogP contribution in [0.25, 0.3) is 29.4 Å². The molecule has 1 atom stereocenters. The predicted octanol–water partition coefficient (Wildman–Crippen LogP) is 8.77. The molecule has 0 fully saturated rings. The van der Waals surface area contributed by atoms with Gasteiger partial charge in [-0.25, -0.2) is 0 Å². The van der Waals surface area contributed by atoms with Crippen molar-refractivity contribution in [2.45, 2.75) is 10.5 Å². The van der Waals surface area contributed by atoms with E-state index in [0.29, 0.717) is 3.63 Å². The van der Waals surface area contributed by atoms with E-state index in [1.165, 1.54) is 39.0 Å². The molecule has 0 amide bonds. The van der Waals surface area contributed by atoms with Crippen molar-refractivity contribution in [3.63, 3.8) is 0 Å². The van der Waals surface area contributed by atoms with Crippen LogP contribution in [0.4, 0.5) is 0 Å². The van der Waals surface area contributed by atoms with E-state index in [9.17, 15) is 0 Å². The normalized spacial score (nSPS) is 14.5. The first-order chi connectivity index (χ1) is 16.2. The van der Waals surface area contributed by atoms with Crippen molar-refractivity contribution in [2.75, 3.05) is 0 Å². The first-order valence-electron chi connectivity index (χ1n) is 11.2. The summed E-state index contributed by atoms with van der Waals surface area (Å²) in [4.78, 5) is 0. The van der Waals surface area contributed by atoms with Crippen LogP contribution in [0.15, 0.2) is 127 Å². The molecular formula is C32H27Zr. The molecule has 4 aromatic rings. The molecular weight excluding hydrogens is 476 g/mol. The van der Waals surface area contributed by atoms with Crippen molar-refractivity contribution in [1.82, 2.24) is 0 Å². The molecule has 1 heteroatoms. The molecule has 5 rings (SSSR count). The Kier molecular flexibility index (Phi) is 8.23. The van der Waals surface area contributed by atoms with Crippen LogP contribution in [0, 0.1) is 0 Å². The van der Waals surface area contributed by atoms with Crippen LogP contribution < -0.4 is 0 Å². The average molecular weight is 503 g/mol. The number of hydrogen-bond acceptors (Lipinski definition) is 0. The van der Waals surface area contributed by atoms with E-state index in [-0.39, 0.29) is 0 Å². The minimum atomic E-state index is 0.654. The Bertz CT molecular complexity index is 1200. The van der Waals surface area contributed by atoms with Crippen molar-refractivity contribution >= 4 is 18.2 Å². The summed E-state index contributed by atoms with van der Waals surface area (Å²) in [5.41, 5.74) is 9.56. The summed E-state index contributed by atoms with van der Waals surface area (Å²) in [6.07, 6.45) is 10.7. The zero-order valence-corrected chi connectivity index (χ0v) is 21.3. The number of fused-ring (bicyclic) bond motifs is 1. The Morgan fingerprint density at radius 3 is 1.67 bits per heavy atom. The molecule has 33 heavy (non-hydrogen) atoms. The van der Waals surface area contributed by atoms with Crippen LogP contribution in [-0.4, -0.2) is 0 Å². The van der Waals surface area contributed by atoms with Crippen LogP contribution >= 0.6 is 0 Å². The van der Waals surface area contributed by atoms with Gasteiger partial charge in [0.2, 0.25) is 0 Å². The van der Waals surface area contributed by atoms with Crippen molar-refractivity contribution in [1.29, 1.82) is 0 Å². The third-order valence-electron chi connectivity index (χ3n) is 5.65. The summed E-state index contributed by atoms with van der Waals surface area (Å²) >= 11 is 1.58. The van der Waals surface area contributed by atoms with E-state index in [0.717, 1.165) is 0 Å². The van der Waals surface area contributed by atoms with Gasteiger partial charge in [0, 0.05) is 0 Å². The molecule has 0 heterocycles. The van der Waals surface area contributed by atoms with Gasteiger partial charge in [-0.2, -0.15) is 0 Å². The van der Waals surface area contributed by atoms with E-state index in [1.807, 2.05) is 36.4 Å². The number of rotatable bonds is 4. The molecule has 4 aromatic carbocycles. The molecule has 0 spiro atoms. The molecule has 0 aliphatic heterocycles. The van der Waals surface area contributed by atoms with Crippen molar-refractivity contribution < 1.29 is 24.7 Å². The molecule has 1 aliphatic carbocycles. The van der Waals surface area contributed by atoms with Gasteiger partial charge in [0.05, 0.1) is 0 Å². The molecule has 1 unspecified atom stereocenters. The first-order valence-corrected chi connectivity index (χ1v) is 12.7. The van der Waals surface area contributed by atoms with Crippen molar-refractivity contribution in [3.05, 3.63) is 149 Å². The van der Waals surface area contributed by atoms with Gasteiger partial charge < -0.3 is 0 Å². The fraction of sp³-hybridized carbons (Fsp3) is 0.0625. The molecule has 0 aromatic heterocycles. The van der Waals surface area contributed by atoms with E-state index in [1.54, 1.807) is 24.7 Å². The number of benzene rings is 4. The fourth-order valence-corrected chi connectivity index (χ4v) is 4.71. The van der Waals surface area contributed by atoms with Gasteiger partial charge in [0.15, 0.2) is 0 Å². The van der Waals surface area contributed by atoms with Gasteiger partial charge in [0.1, 0.15) is 0 Å². The summed E-state index contributed by atoms with van der Waals surface area (Å²) in [5, 5.41) is 0. The zero-order chi connectivity index (χ0) is 22.9. The summed E-state index contributed by atoms with van der Waals surface area (Å²) in [7, 11) is 0. The van der Waals surface area contributed by atoms with E-state index in [4.69, 9.17) is 0 Å². The molecule has 0 saturated carbocycles. The van der Waals surface area contributed by atoms with Crippen LogP contribution in [0.3, 0.4) is 0 Å². The summed E-state index contributed by atoms with van der Waals surface area (Å²) in [6, 6.07) is 37.9. The molecule has 0 nitrogen and oxygen atoms in total. The number of hydrogen-bond donors (Lipinski definition) is 0. The second-order valence-electron chi connectivity index (χ2n) is 8.04. The molecule has 159 valence electrons. The van der Waals surface area contributed by atoms with E-state index in [2.05, 4.69) is 110 Å². The van der Waals surface area contributed by atoms with Crippen LogP contribution in [0.1, 0.15) is 32.8 Å². The standard InChI is InChI=1S/C16H13.C16H14.Zr/c1-12-10-14-8-5-9-15(16(14)11-12)13-6-3-2-4-7-13;1-3-9-15(10-4-1)13-7-8-14-16-11-5-2-6-12-16;/h2-11H,1H3;1-14H;. The van der Waals surface area contributed by atoms with Crippen LogP contribution in [-0.2, 0) is 24.7 Å². The minimum absolute atomic E-state index is 0.654. The maximum atomic E-state index is 2.36. The predicted molar refractivity (Wildman–Crippen MR) is 139 cm³/mol. The second-order valence-corrected chi connectivity index (χ2v) is 9.45. The topological polar surface area (TPSA) is 0 Å². The van der Waals surface area contributed by atoms with E-state index >= 15 is 0 Å². The second kappa shape index (κ2) is 11.7. The van der Waals surface area contributed by atoms with Crippen LogP contribution in [0.5, 0.6) is 0 Å². The van der Waals surface area contributed by atoms with Crippen molar-refractivity contribution in [2.24, 2.45) is 0 Å². The van der Waals surface area contributed by atoms with Crippen molar-refractivity contribution in [3.8, 4) is 11.1 Å². The number of allylic oxidation sites excluding steroid dienone is 3. The molecule has 0 N–H and O–H groups in total. The fourth-order valence-electron chi connectivity index (χ4n) is 3.88. The monoisotopic (exact) mass is 501 g/mol. The van der Waals surface area contributed by atoms with Gasteiger partial charge in [-0.3, -0.25) is 0 Å². The van der Waals surface area contributed by atoms with E-state index < -0.39 is 0 Å². The summed E-state index contributed by atoms with van der Waals surface area (Å²) in [5.74, 6) is 0. The van der Waals surface area contributed by atoms with Gasteiger partial charge >= 0.3 is 118 Å². The molecule has 0 bridgehead atoms. The van der Waals surface area contributed by atoms with Crippen LogP contribution in [0.2, 0.25) is 0 Å². The van der Waals surface area contributed by atoms with Gasteiger partial charge in [-0.1, -0.05) is 85.0 Å². The first kappa shape index (κ1) is 23.2. The summed E-state index contributed by atoms with van der Waals surface area (Å²) < 4.78 is 0.654. The maximum absolute atomic E-state index is 2.36. The third kappa shape index (κ3) is 6.28. The third-order valence-corrected chi connectivity index (χ3v) is 7.53. The average Bonchev–Trinajstić information content (AvgIpc) is 3.17. The van der Waals surface area contributed by atoms with Gasteiger partial charge in [0.25, 0.3) is 0 Å².